The molecule has 0 atom stereocenters. The van der Waals surface area contributed by atoms with Gasteiger partial charge in [-0.2, -0.15) is 5.26 Å². The lowest BCUT2D eigenvalue weighted by Crippen LogP contribution is -2.25. The number of benzene rings is 1. The first-order valence-electron chi connectivity index (χ1n) is 15.0. The van der Waals surface area contributed by atoms with Crippen molar-refractivity contribution in [3.8, 4) is 17.5 Å². The van der Waals surface area contributed by atoms with E-state index in [4.69, 9.17) is 0 Å². The minimum Gasteiger partial charge on any atom is -0.236 e. The predicted octanol–water partition coefficient (Wildman–Crippen LogP) is 9.96. The quantitative estimate of drug-likeness (QED) is 0.221. The van der Waals surface area contributed by atoms with Crippen molar-refractivity contribution in [2.75, 3.05) is 0 Å². The average molecular weight is 488 g/mol. The number of aromatic nitrogens is 2. The first kappa shape index (κ1) is 28.4. The summed E-state index contributed by atoms with van der Waals surface area (Å²) < 4.78 is 0. The number of hydrogen-bond acceptors (Lipinski definition) is 3. The van der Waals surface area contributed by atoms with Gasteiger partial charge in [-0.1, -0.05) is 109 Å². The molecule has 1 aromatic heterocycles. The van der Waals surface area contributed by atoms with Gasteiger partial charge in [0.25, 0.3) is 0 Å². The molecular formula is C33H49N3. The molecule has 2 aromatic rings. The summed E-state index contributed by atoms with van der Waals surface area (Å²) in [7, 11) is 0. The zero-order valence-electron chi connectivity index (χ0n) is 23.1. The second kappa shape index (κ2) is 15.8. The maximum absolute atomic E-state index is 9.92. The molecule has 1 heterocycles. The molecule has 0 aliphatic heterocycles. The molecule has 1 aliphatic carbocycles. The van der Waals surface area contributed by atoms with Gasteiger partial charge in [0, 0.05) is 18.0 Å². The number of aryl methyl sites for hydroxylation is 1. The minimum atomic E-state index is -0.0761. The molecule has 1 aromatic carbocycles. The topological polar surface area (TPSA) is 49.6 Å². The first-order valence-corrected chi connectivity index (χ1v) is 15.0. The lowest BCUT2D eigenvalue weighted by molar-refractivity contribution is 0.223. The Hall–Kier alpha value is -2.21. The van der Waals surface area contributed by atoms with Crippen molar-refractivity contribution < 1.29 is 0 Å². The lowest BCUT2D eigenvalue weighted by atomic mass is 9.67. The van der Waals surface area contributed by atoms with Crippen LogP contribution in [0.3, 0.4) is 0 Å². The van der Waals surface area contributed by atoms with Crippen LogP contribution in [0.4, 0.5) is 0 Å². The summed E-state index contributed by atoms with van der Waals surface area (Å²) >= 11 is 0. The third-order valence-electron chi connectivity index (χ3n) is 8.35. The van der Waals surface area contributed by atoms with Gasteiger partial charge in [0.05, 0.1) is 11.5 Å². The fourth-order valence-electron chi connectivity index (χ4n) is 5.81. The largest absolute Gasteiger partial charge is 0.236 e. The van der Waals surface area contributed by atoms with E-state index in [1.165, 1.54) is 88.2 Å². The van der Waals surface area contributed by atoms with E-state index in [1.54, 1.807) is 0 Å². The molecule has 36 heavy (non-hydrogen) atoms. The van der Waals surface area contributed by atoms with Crippen molar-refractivity contribution in [2.24, 2.45) is 5.41 Å². The summed E-state index contributed by atoms with van der Waals surface area (Å²) in [5.74, 6) is 1.39. The van der Waals surface area contributed by atoms with E-state index in [1.807, 2.05) is 12.4 Å². The SMILES string of the molecule is CCCCCCCCCc1cnc(-c2ccc([C@H]3CC[C@@](C#N)(CCCCCCC)CC3)cc2)nc1. The highest BCUT2D eigenvalue weighted by Gasteiger charge is 2.35. The predicted molar refractivity (Wildman–Crippen MR) is 152 cm³/mol. The van der Waals surface area contributed by atoms with Gasteiger partial charge in [-0.3, -0.25) is 0 Å². The second-order valence-electron chi connectivity index (χ2n) is 11.2. The number of unbranched alkanes of at least 4 members (excludes halogenated alkanes) is 10. The van der Waals surface area contributed by atoms with E-state index >= 15 is 0 Å². The fraction of sp³-hybridized carbons (Fsp3) is 0.667. The molecule has 3 rings (SSSR count). The Morgan fingerprint density at radius 2 is 1.33 bits per heavy atom. The van der Waals surface area contributed by atoms with Crippen LogP contribution in [0, 0.1) is 16.7 Å². The first-order chi connectivity index (χ1) is 17.7. The fourth-order valence-corrected chi connectivity index (χ4v) is 5.81. The highest BCUT2D eigenvalue weighted by molar-refractivity contribution is 5.55. The van der Waals surface area contributed by atoms with Gasteiger partial charge in [0.15, 0.2) is 5.82 Å². The normalized spacial score (nSPS) is 19.8. The molecule has 0 amide bonds. The second-order valence-corrected chi connectivity index (χ2v) is 11.2. The Morgan fingerprint density at radius 3 is 1.92 bits per heavy atom. The number of nitriles is 1. The van der Waals surface area contributed by atoms with Crippen LogP contribution >= 0.6 is 0 Å². The molecule has 3 nitrogen and oxygen atoms in total. The summed E-state index contributed by atoms with van der Waals surface area (Å²) in [5, 5.41) is 9.92. The molecule has 0 unspecified atom stereocenters. The number of hydrogen-bond donors (Lipinski definition) is 0. The molecule has 1 aliphatic rings. The Labute approximate surface area is 221 Å². The summed E-state index contributed by atoms with van der Waals surface area (Å²) in [6, 6.07) is 11.6. The van der Waals surface area contributed by atoms with Crippen LogP contribution in [0.25, 0.3) is 11.4 Å². The third-order valence-corrected chi connectivity index (χ3v) is 8.35. The van der Waals surface area contributed by atoms with Gasteiger partial charge in [-0.15, -0.1) is 0 Å². The standard InChI is InChI=1S/C33H49N3/c1-3-5-7-9-10-11-13-15-28-25-35-32(36-26-28)31-18-16-29(17-19-31)30-20-23-33(27-34,24-21-30)22-14-12-8-6-4-2/h16-19,25-26,30H,3-15,20-24H2,1-2H3/t30-,33-. The van der Waals surface area contributed by atoms with Gasteiger partial charge >= 0.3 is 0 Å². The van der Waals surface area contributed by atoms with Crippen LogP contribution in [-0.2, 0) is 6.42 Å². The Kier molecular flexibility index (Phi) is 12.5. The van der Waals surface area contributed by atoms with Gasteiger partial charge in [-0.05, 0) is 62.0 Å². The van der Waals surface area contributed by atoms with Gasteiger partial charge in [-0.25, -0.2) is 9.97 Å². The van der Waals surface area contributed by atoms with Gasteiger partial charge in [0.1, 0.15) is 0 Å². The van der Waals surface area contributed by atoms with Crippen molar-refractivity contribution in [1.82, 2.24) is 9.97 Å². The van der Waals surface area contributed by atoms with Crippen molar-refractivity contribution in [3.63, 3.8) is 0 Å². The highest BCUT2D eigenvalue weighted by Crippen LogP contribution is 2.45. The average Bonchev–Trinajstić information content (AvgIpc) is 2.93. The van der Waals surface area contributed by atoms with Crippen LogP contribution in [0.5, 0.6) is 0 Å². The highest BCUT2D eigenvalue weighted by atomic mass is 14.9. The molecule has 0 spiro atoms. The zero-order valence-corrected chi connectivity index (χ0v) is 23.1. The van der Waals surface area contributed by atoms with Crippen molar-refractivity contribution >= 4 is 0 Å². The molecule has 196 valence electrons. The Morgan fingerprint density at radius 1 is 0.778 bits per heavy atom. The van der Waals surface area contributed by atoms with Crippen LogP contribution in [-0.4, -0.2) is 9.97 Å². The smallest absolute Gasteiger partial charge is 0.159 e. The summed E-state index contributed by atoms with van der Waals surface area (Å²) in [6.07, 6.45) is 26.3. The molecule has 1 saturated carbocycles. The molecule has 3 heteroatoms. The van der Waals surface area contributed by atoms with Crippen LogP contribution in [0.2, 0.25) is 0 Å². The van der Waals surface area contributed by atoms with Crippen molar-refractivity contribution in [3.05, 3.63) is 47.8 Å². The maximum Gasteiger partial charge on any atom is 0.159 e. The molecular weight excluding hydrogens is 438 g/mol. The third kappa shape index (κ3) is 9.02. The number of nitrogens with zero attached hydrogens (tertiary/aromatic N) is 3. The van der Waals surface area contributed by atoms with Crippen LogP contribution in [0.15, 0.2) is 36.7 Å². The molecule has 0 radical (unpaired) electrons. The Bertz CT molecular complexity index is 886. The van der Waals surface area contributed by atoms with E-state index < -0.39 is 0 Å². The van der Waals surface area contributed by atoms with Crippen molar-refractivity contribution in [1.29, 1.82) is 5.26 Å². The monoisotopic (exact) mass is 487 g/mol. The van der Waals surface area contributed by atoms with Gasteiger partial charge in [0.2, 0.25) is 0 Å². The summed E-state index contributed by atoms with van der Waals surface area (Å²) in [5.41, 5.74) is 3.67. The minimum absolute atomic E-state index is 0.0761. The van der Waals surface area contributed by atoms with Crippen LogP contribution in [0.1, 0.15) is 140 Å². The maximum atomic E-state index is 9.92. The zero-order chi connectivity index (χ0) is 25.5. The van der Waals surface area contributed by atoms with E-state index in [0.29, 0.717) is 5.92 Å². The molecule has 0 N–H and O–H groups in total. The molecule has 0 saturated heterocycles. The lowest BCUT2D eigenvalue weighted by Gasteiger charge is -2.35. The molecule has 0 bridgehead atoms. The van der Waals surface area contributed by atoms with Gasteiger partial charge < -0.3 is 0 Å². The Balaban J connectivity index is 1.43. The van der Waals surface area contributed by atoms with E-state index in [2.05, 4.69) is 54.2 Å². The molecule has 1 fully saturated rings. The van der Waals surface area contributed by atoms with E-state index in [9.17, 15) is 5.26 Å². The van der Waals surface area contributed by atoms with E-state index in [-0.39, 0.29) is 5.41 Å². The summed E-state index contributed by atoms with van der Waals surface area (Å²) in [4.78, 5) is 9.32. The van der Waals surface area contributed by atoms with Crippen molar-refractivity contribution in [2.45, 2.75) is 135 Å². The van der Waals surface area contributed by atoms with Crippen LogP contribution < -0.4 is 0 Å². The van der Waals surface area contributed by atoms with E-state index in [0.717, 1.165) is 49.9 Å². The number of rotatable bonds is 16. The summed E-state index contributed by atoms with van der Waals surface area (Å²) in [6.45, 7) is 4.53.